The van der Waals surface area contributed by atoms with Crippen molar-refractivity contribution in [2.75, 3.05) is 6.54 Å². The molecule has 0 saturated heterocycles. The average molecular weight is 490 g/mol. The Morgan fingerprint density at radius 2 is 1.86 bits per heavy atom. The smallest absolute Gasteiger partial charge is 0.253 e. The van der Waals surface area contributed by atoms with Crippen molar-refractivity contribution in [3.8, 4) is 0 Å². The zero-order chi connectivity index (χ0) is 25.5. The van der Waals surface area contributed by atoms with Crippen LogP contribution in [0.4, 0.5) is 4.39 Å². The van der Waals surface area contributed by atoms with E-state index in [1.165, 1.54) is 24.8 Å². The Hall–Kier alpha value is -2.45. The average Bonchev–Trinajstić information content (AvgIpc) is 3.24. The summed E-state index contributed by atoms with van der Waals surface area (Å²) in [5.74, 6) is -1.03. The van der Waals surface area contributed by atoms with Crippen molar-refractivity contribution in [1.29, 1.82) is 0 Å². The molecule has 4 atom stereocenters. The molecule has 35 heavy (non-hydrogen) atoms. The third-order valence-corrected chi connectivity index (χ3v) is 7.06. The number of amides is 2. The van der Waals surface area contributed by atoms with Gasteiger partial charge in [-0.1, -0.05) is 52.9 Å². The van der Waals surface area contributed by atoms with Crippen LogP contribution in [-0.2, 0) is 4.79 Å². The van der Waals surface area contributed by atoms with Crippen molar-refractivity contribution in [2.45, 2.75) is 84.0 Å². The normalized spacial score (nSPS) is 18.3. The minimum absolute atomic E-state index is 0.0907. The molecule has 194 valence electrons. The molecule has 7 nitrogen and oxygen atoms in total. The molecule has 1 heterocycles. The lowest BCUT2D eigenvalue weighted by molar-refractivity contribution is -0.127. The van der Waals surface area contributed by atoms with Crippen molar-refractivity contribution in [3.63, 3.8) is 0 Å². The Balaban J connectivity index is 1.60. The molecular formula is C27H40FN3O4. The van der Waals surface area contributed by atoms with Gasteiger partial charge in [0.1, 0.15) is 11.9 Å². The fraction of sp³-hybridized carbons (Fsp3) is 0.630. The quantitative estimate of drug-likeness (QED) is 0.329. The summed E-state index contributed by atoms with van der Waals surface area (Å²) < 4.78 is 13.6. The number of aliphatic hydroxyl groups excluding tert-OH is 2. The molecule has 2 aromatic rings. The van der Waals surface area contributed by atoms with Gasteiger partial charge in [-0.15, -0.1) is 0 Å². The highest BCUT2D eigenvalue weighted by atomic mass is 19.1. The highest BCUT2D eigenvalue weighted by Crippen LogP contribution is 2.29. The van der Waals surface area contributed by atoms with E-state index in [0.29, 0.717) is 35.2 Å². The minimum Gasteiger partial charge on any atom is -0.390 e. The number of fused-ring (bicyclic) bond motifs is 1. The lowest BCUT2D eigenvalue weighted by Gasteiger charge is -2.33. The largest absolute Gasteiger partial charge is 0.390 e. The second-order valence-electron chi connectivity index (χ2n) is 10.5. The van der Waals surface area contributed by atoms with Crippen molar-refractivity contribution in [3.05, 3.63) is 35.8 Å². The topological polar surface area (TPSA) is 114 Å². The molecular weight excluding hydrogens is 449 g/mol. The van der Waals surface area contributed by atoms with Crippen LogP contribution in [0.25, 0.3) is 10.9 Å². The van der Waals surface area contributed by atoms with E-state index < -0.39 is 35.9 Å². The van der Waals surface area contributed by atoms with Gasteiger partial charge in [0.15, 0.2) is 0 Å². The van der Waals surface area contributed by atoms with Crippen LogP contribution < -0.4 is 10.6 Å². The van der Waals surface area contributed by atoms with Crippen LogP contribution in [0, 0.1) is 23.6 Å². The maximum absolute atomic E-state index is 13.6. The van der Waals surface area contributed by atoms with E-state index in [1.54, 1.807) is 13.0 Å². The van der Waals surface area contributed by atoms with Crippen LogP contribution in [0.2, 0.25) is 0 Å². The number of rotatable bonds is 11. The van der Waals surface area contributed by atoms with Gasteiger partial charge in [-0.3, -0.25) is 9.59 Å². The van der Waals surface area contributed by atoms with Crippen LogP contribution in [-0.4, -0.2) is 51.8 Å². The number of halogens is 1. The Bertz CT molecular complexity index is 986. The molecule has 0 radical (unpaired) electrons. The molecule has 2 amide bonds. The van der Waals surface area contributed by atoms with E-state index in [9.17, 15) is 24.2 Å². The Morgan fingerprint density at radius 3 is 2.54 bits per heavy atom. The predicted octanol–water partition coefficient (Wildman–Crippen LogP) is 3.90. The third-order valence-electron chi connectivity index (χ3n) is 7.06. The first kappa shape index (κ1) is 27.1. The van der Waals surface area contributed by atoms with Crippen molar-refractivity contribution >= 4 is 22.7 Å². The first-order chi connectivity index (χ1) is 16.7. The van der Waals surface area contributed by atoms with Gasteiger partial charge in [-0.25, -0.2) is 4.39 Å². The van der Waals surface area contributed by atoms with Gasteiger partial charge in [0.2, 0.25) is 5.91 Å². The molecule has 3 rings (SSSR count). The van der Waals surface area contributed by atoms with E-state index in [-0.39, 0.29) is 18.4 Å². The summed E-state index contributed by atoms with van der Waals surface area (Å²) in [6.07, 6.45) is 6.28. The number of hydrogen-bond donors (Lipinski definition) is 5. The third kappa shape index (κ3) is 7.51. The molecule has 1 aromatic carbocycles. The SMILES string of the molecule is CC(C)C[C@H](O)[C@H](O)[C@H](CC1CCCCC1)NC(=O)[C@@H](C)CNC(=O)c1c[nH]c2ccc(F)cc12. The molecule has 1 aromatic heterocycles. The zero-order valence-corrected chi connectivity index (χ0v) is 21.0. The molecule has 0 spiro atoms. The Kier molecular flexibility index (Phi) is 9.69. The van der Waals surface area contributed by atoms with Gasteiger partial charge < -0.3 is 25.8 Å². The summed E-state index contributed by atoms with van der Waals surface area (Å²) in [5, 5.41) is 27.6. The number of nitrogens with one attached hydrogen (secondary N) is 3. The van der Waals surface area contributed by atoms with E-state index in [4.69, 9.17) is 0 Å². The monoisotopic (exact) mass is 489 g/mol. The van der Waals surface area contributed by atoms with Gasteiger partial charge in [-0.05, 0) is 42.9 Å². The standard InChI is InChI=1S/C27H40FN3O4/c1-16(2)11-24(32)25(33)23(12-18-7-5-4-6-8-18)31-26(34)17(3)14-30-27(35)21-15-29-22-10-9-19(28)13-20(21)22/h9-10,13,15-18,23-25,29,32-33H,4-8,11-12,14H2,1-3H3,(H,30,35)(H,31,34)/t17-,23-,24-,25+/m0/s1. The summed E-state index contributed by atoms with van der Waals surface area (Å²) in [6.45, 7) is 5.77. The molecule has 0 aliphatic heterocycles. The molecule has 0 unspecified atom stereocenters. The maximum Gasteiger partial charge on any atom is 0.253 e. The lowest BCUT2D eigenvalue weighted by Crippen LogP contribution is -2.52. The summed E-state index contributed by atoms with van der Waals surface area (Å²) in [4.78, 5) is 28.6. The molecule has 1 aliphatic carbocycles. The summed E-state index contributed by atoms with van der Waals surface area (Å²) in [7, 11) is 0. The number of aromatic amines is 1. The molecule has 1 aliphatic rings. The number of benzene rings is 1. The number of H-pyrrole nitrogens is 1. The van der Waals surface area contributed by atoms with Gasteiger partial charge in [0, 0.05) is 23.6 Å². The van der Waals surface area contributed by atoms with Gasteiger partial charge in [0.05, 0.1) is 23.6 Å². The number of aliphatic hydroxyl groups is 2. The van der Waals surface area contributed by atoms with Crippen LogP contribution in [0.5, 0.6) is 0 Å². The molecule has 1 fully saturated rings. The van der Waals surface area contributed by atoms with E-state index in [0.717, 1.165) is 25.7 Å². The Morgan fingerprint density at radius 1 is 1.14 bits per heavy atom. The van der Waals surface area contributed by atoms with Crippen LogP contribution in [0.15, 0.2) is 24.4 Å². The van der Waals surface area contributed by atoms with Crippen molar-refractivity contribution in [1.82, 2.24) is 15.6 Å². The van der Waals surface area contributed by atoms with Crippen LogP contribution in [0.3, 0.4) is 0 Å². The minimum atomic E-state index is -1.05. The molecule has 5 N–H and O–H groups in total. The fourth-order valence-corrected chi connectivity index (χ4v) is 5.00. The molecule has 1 saturated carbocycles. The Labute approximate surface area is 206 Å². The number of aromatic nitrogens is 1. The molecule has 8 heteroatoms. The number of hydrogen-bond acceptors (Lipinski definition) is 4. The van der Waals surface area contributed by atoms with Gasteiger partial charge >= 0.3 is 0 Å². The van der Waals surface area contributed by atoms with E-state index in [1.807, 2.05) is 13.8 Å². The molecule has 0 bridgehead atoms. The van der Waals surface area contributed by atoms with Crippen LogP contribution in [0.1, 0.15) is 76.1 Å². The second kappa shape index (κ2) is 12.5. The second-order valence-corrected chi connectivity index (χ2v) is 10.5. The van der Waals surface area contributed by atoms with Crippen LogP contribution >= 0.6 is 0 Å². The highest BCUT2D eigenvalue weighted by Gasteiger charge is 2.32. The lowest BCUT2D eigenvalue weighted by atomic mass is 9.82. The van der Waals surface area contributed by atoms with E-state index in [2.05, 4.69) is 15.6 Å². The fourth-order valence-electron chi connectivity index (χ4n) is 5.00. The maximum atomic E-state index is 13.6. The first-order valence-corrected chi connectivity index (χ1v) is 12.9. The van der Waals surface area contributed by atoms with Gasteiger partial charge in [0.25, 0.3) is 5.91 Å². The zero-order valence-electron chi connectivity index (χ0n) is 21.0. The predicted molar refractivity (Wildman–Crippen MR) is 134 cm³/mol. The first-order valence-electron chi connectivity index (χ1n) is 12.9. The number of carbonyl (C=O) groups excluding carboxylic acids is 2. The summed E-state index contributed by atoms with van der Waals surface area (Å²) in [5.41, 5.74) is 0.969. The van der Waals surface area contributed by atoms with Crippen molar-refractivity contribution in [2.24, 2.45) is 17.8 Å². The summed E-state index contributed by atoms with van der Waals surface area (Å²) in [6, 6.07) is 3.65. The van der Waals surface area contributed by atoms with Crippen molar-refractivity contribution < 1.29 is 24.2 Å². The summed E-state index contributed by atoms with van der Waals surface area (Å²) >= 11 is 0. The number of carbonyl (C=O) groups is 2. The van der Waals surface area contributed by atoms with E-state index >= 15 is 0 Å². The highest BCUT2D eigenvalue weighted by molar-refractivity contribution is 6.06. The van der Waals surface area contributed by atoms with Gasteiger partial charge in [-0.2, -0.15) is 0 Å².